The predicted octanol–water partition coefficient (Wildman–Crippen LogP) is 5.06. The van der Waals surface area contributed by atoms with E-state index in [1.165, 1.54) is 12.8 Å². The summed E-state index contributed by atoms with van der Waals surface area (Å²) in [7, 11) is 0. The van der Waals surface area contributed by atoms with Gasteiger partial charge in [-0.05, 0) is 0 Å². The molecule has 1 aromatic heterocycles. The molecule has 3 rings (SSSR count). The SMILES string of the molecule is CC.[C-]#[N+]c1bcc(N2C(=O)CN(C3CCC(C(C)C)CC3)C2=S)cc1C. The average Bonchev–Trinajstić information content (AvgIpc) is 2.97. The van der Waals surface area contributed by atoms with Crippen LogP contribution in [0, 0.1) is 25.3 Å². The van der Waals surface area contributed by atoms with Gasteiger partial charge in [0.2, 0.25) is 0 Å². The maximum atomic E-state index is 12.6. The van der Waals surface area contributed by atoms with Crippen molar-refractivity contribution >= 4 is 41.4 Å². The molecule has 144 valence electrons. The number of nitrogens with zero attached hydrogens (tertiary/aromatic N) is 3. The van der Waals surface area contributed by atoms with Gasteiger partial charge in [0.25, 0.3) is 0 Å². The van der Waals surface area contributed by atoms with Crippen molar-refractivity contribution < 1.29 is 4.79 Å². The van der Waals surface area contributed by atoms with Gasteiger partial charge in [0, 0.05) is 0 Å². The van der Waals surface area contributed by atoms with E-state index in [4.69, 9.17) is 18.8 Å². The molecule has 0 N–H and O–H groups in total. The molecule has 0 spiro atoms. The van der Waals surface area contributed by atoms with Crippen LogP contribution in [0.5, 0.6) is 0 Å². The van der Waals surface area contributed by atoms with E-state index in [2.05, 4.69) is 23.6 Å². The van der Waals surface area contributed by atoms with Gasteiger partial charge >= 0.3 is 156 Å². The Hall–Kier alpha value is -1.74. The van der Waals surface area contributed by atoms with Crippen LogP contribution in [0.15, 0.2) is 12.0 Å². The Labute approximate surface area is 170 Å². The molecule has 0 radical (unpaired) electrons. The van der Waals surface area contributed by atoms with Gasteiger partial charge in [-0.2, -0.15) is 0 Å². The number of carbonyl (C=O) groups excluding carboxylic acids is 1. The van der Waals surface area contributed by atoms with E-state index in [1.807, 2.05) is 32.8 Å². The van der Waals surface area contributed by atoms with Crippen LogP contribution in [0.25, 0.3) is 4.85 Å². The van der Waals surface area contributed by atoms with E-state index in [0.717, 1.165) is 35.9 Å². The maximum absolute atomic E-state index is 12.6. The van der Waals surface area contributed by atoms with Crippen LogP contribution in [-0.2, 0) is 4.79 Å². The second-order valence-corrected chi connectivity index (χ2v) is 7.90. The van der Waals surface area contributed by atoms with Gasteiger partial charge in [-0.3, -0.25) is 0 Å². The molecule has 4 nitrogen and oxygen atoms in total. The first-order valence-electron chi connectivity index (χ1n) is 10.0. The van der Waals surface area contributed by atoms with E-state index in [0.29, 0.717) is 23.3 Å². The molecule has 2 fully saturated rings. The molecule has 0 aromatic carbocycles. The van der Waals surface area contributed by atoms with Gasteiger partial charge in [-0.1, -0.05) is 13.8 Å². The second-order valence-electron chi connectivity index (χ2n) is 7.53. The first-order chi connectivity index (χ1) is 12.9. The quantitative estimate of drug-likeness (QED) is 0.540. The van der Waals surface area contributed by atoms with Crippen LogP contribution in [0.2, 0.25) is 0 Å². The number of thiocarbonyl (C=S) groups is 1. The van der Waals surface area contributed by atoms with Crippen LogP contribution in [0.1, 0.15) is 58.9 Å². The van der Waals surface area contributed by atoms with Crippen molar-refractivity contribution in [3.63, 3.8) is 0 Å². The van der Waals surface area contributed by atoms with Crippen LogP contribution < -0.4 is 4.90 Å². The fourth-order valence-corrected chi connectivity index (χ4v) is 4.46. The number of hydrogen-bond donors (Lipinski definition) is 0. The molecule has 1 aliphatic carbocycles. The zero-order valence-electron chi connectivity index (χ0n) is 17.2. The third-order valence-corrected chi connectivity index (χ3v) is 6.09. The zero-order valence-corrected chi connectivity index (χ0v) is 18.0. The van der Waals surface area contributed by atoms with E-state index >= 15 is 0 Å². The fourth-order valence-electron chi connectivity index (χ4n) is 4.04. The molecule has 0 bridgehead atoms. The van der Waals surface area contributed by atoms with Gasteiger partial charge in [-0.25, -0.2) is 0 Å². The summed E-state index contributed by atoms with van der Waals surface area (Å²) in [6.45, 7) is 19.8. The van der Waals surface area contributed by atoms with Gasteiger partial charge in [0.1, 0.15) is 0 Å². The van der Waals surface area contributed by atoms with Gasteiger partial charge in [-0.15, -0.1) is 0 Å². The van der Waals surface area contributed by atoms with Gasteiger partial charge in [0.15, 0.2) is 0 Å². The van der Waals surface area contributed by atoms with Gasteiger partial charge in [0.05, 0.1) is 0 Å². The van der Waals surface area contributed by atoms with E-state index in [-0.39, 0.29) is 5.91 Å². The van der Waals surface area contributed by atoms with Crippen molar-refractivity contribution in [3.8, 4) is 0 Å². The summed E-state index contributed by atoms with van der Waals surface area (Å²) < 4.78 is 0. The van der Waals surface area contributed by atoms with Crippen molar-refractivity contribution in [2.75, 3.05) is 11.4 Å². The van der Waals surface area contributed by atoms with Gasteiger partial charge < -0.3 is 0 Å². The Morgan fingerprint density at radius 3 is 2.41 bits per heavy atom. The minimum absolute atomic E-state index is 0.0333. The minimum atomic E-state index is 0.0333. The Morgan fingerprint density at radius 1 is 1.26 bits per heavy atom. The summed E-state index contributed by atoms with van der Waals surface area (Å²) in [6.07, 6.45) is 4.66. The zero-order chi connectivity index (χ0) is 20.1. The normalized spacial score (nSPS) is 22.4. The summed E-state index contributed by atoms with van der Waals surface area (Å²) in [6, 6.07) is 2.26. The van der Waals surface area contributed by atoms with Crippen LogP contribution in [0.4, 0.5) is 11.3 Å². The summed E-state index contributed by atoms with van der Waals surface area (Å²) >= 11 is 5.66. The Morgan fingerprint density at radius 2 is 1.89 bits per heavy atom. The summed E-state index contributed by atoms with van der Waals surface area (Å²) in [5.74, 6) is 3.38. The Kier molecular flexibility index (Phi) is 7.55. The number of anilines is 1. The van der Waals surface area contributed by atoms with Crippen molar-refractivity contribution in [2.45, 2.75) is 66.3 Å². The molecular formula is C21H30BN3OS. The van der Waals surface area contributed by atoms with Crippen LogP contribution >= 0.6 is 12.2 Å². The van der Waals surface area contributed by atoms with E-state index in [1.54, 1.807) is 11.8 Å². The predicted molar refractivity (Wildman–Crippen MR) is 118 cm³/mol. The number of aryl methyl sites for hydroxylation is 1. The van der Waals surface area contributed by atoms with Crippen molar-refractivity contribution in [3.05, 3.63) is 29.0 Å². The standard InChI is InChI=1S/C19H24BN3OS.C2H6/c1-12(2)14-5-7-15(8-6-14)22-11-17(24)23(19(22)25)16-9-13(3)18(21-4)20-10-16;1-2/h9-10,12,14-15H,5-8,11H2,1-3H3;1-2H3. The molecule has 0 atom stereocenters. The fraction of sp³-hybridized carbons (Fsp3) is 0.619. The average molecular weight is 383 g/mol. The number of carbonyl (C=O) groups is 1. The Balaban J connectivity index is 0.00000126. The third-order valence-electron chi connectivity index (χ3n) is 5.68. The van der Waals surface area contributed by atoms with E-state index < -0.39 is 0 Å². The van der Waals surface area contributed by atoms with Crippen LogP contribution in [-0.4, -0.2) is 35.4 Å². The molecule has 6 heteroatoms. The molecule has 1 saturated heterocycles. The first kappa shape index (κ1) is 21.6. The number of hydrogen-bond acceptors (Lipinski definition) is 2. The third kappa shape index (κ3) is 4.58. The monoisotopic (exact) mass is 383 g/mol. The summed E-state index contributed by atoms with van der Waals surface area (Å²) in [5, 5.41) is 0.618. The molecule has 1 amide bonds. The molecule has 0 unspecified atom stereocenters. The van der Waals surface area contributed by atoms with Crippen LogP contribution in [0.3, 0.4) is 0 Å². The topological polar surface area (TPSA) is 27.9 Å². The number of rotatable bonds is 3. The molecular weight excluding hydrogens is 353 g/mol. The number of amides is 1. The van der Waals surface area contributed by atoms with Crippen molar-refractivity contribution in [2.24, 2.45) is 11.8 Å². The molecule has 1 saturated carbocycles. The summed E-state index contributed by atoms with van der Waals surface area (Å²) in [4.78, 5) is 19.9. The molecule has 2 aliphatic rings. The first-order valence-corrected chi connectivity index (χ1v) is 10.4. The molecule has 1 aromatic rings. The van der Waals surface area contributed by atoms with Crippen molar-refractivity contribution in [1.29, 1.82) is 0 Å². The molecule has 2 heterocycles. The Bertz CT molecular complexity index is 735. The second kappa shape index (κ2) is 9.46. The molecule has 27 heavy (non-hydrogen) atoms. The molecule has 1 aliphatic heterocycles. The van der Waals surface area contributed by atoms with Crippen molar-refractivity contribution in [1.82, 2.24) is 4.90 Å². The summed E-state index contributed by atoms with van der Waals surface area (Å²) in [5.41, 5.74) is 2.27. The van der Waals surface area contributed by atoms with E-state index in [9.17, 15) is 4.79 Å².